The van der Waals surface area contributed by atoms with E-state index in [-0.39, 0.29) is 37.8 Å². The molecule has 0 spiro atoms. The van der Waals surface area contributed by atoms with Gasteiger partial charge < -0.3 is 9.40 Å². The Morgan fingerprint density at radius 1 is 0.921 bits per heavy atom. The summed E-state index contributed by atoms with van der Waals surface area (Å²) < 4.78 is 41.0. The summed E-state index contributed by atoms with van der Waals surface area (Å²) in [4.78, 5) is 8.11. The van der Waals surface area contributed by atoms with Gasteiger partial charge in [0, 0.05) is 53.8 Å². The number of rotatable bonds is 2. The van der Waals surface area contributed by atoms with Crippen LogP contribution in [0.3, 0.4) is 0 Å². The molecule has 193 valence electrons. The zero-order chi connectivity index (χ0) is 29.5. The topological polar surface area (TPSA) is 38.9 Å². The van der Waals surface area contributed by atoms with Gasteiger partial charge in [0.05, 0.1) is 2.74 Å². The number of para-hydroxylation sites is 1. The van der Waals surface area contributed by atoms with Gasteiger partial charge in [0.1, 0.15) is 5.58 Å². The quantitative estimate of drug-likeness (QED) is 0.172. The summed E-state index contributed by atoms with van der Waals surface area (Å²) in [5.41, 5.74) is 5.18. The van der Waals surface area contributed by atoms with Crippen LogP contribution in [0.15, 0.2) is 114 Å². The van der Waals surface area contributed by atoms with Crippen LogP contribution in [0.1, 0.15) is 49.6 Å². The van der Waals surface area contributed by atoms with E-state index in [1.165, 1.54) is 36.6 Å². The summed E-state index contributed by atoms with van der Waals surface area (Å²) in [6, 6.07) is 32.0. The van der Waals surface area contributed by atoms with Crippen molar-refractivity contribution in [3.05, 3.63) is 133 Å². The fourth-order valence-corrected chi connectivity index (χ4v) is 4.53. The maximum absolute atomic E-state index is 7.26. The third-order valence-electron chi connectivity index (χ3n) is 6.37. The average Bonchev–Trinajstić information content (AvgIpc) is 3.68. The number of pyridine rings is 2. The van der Waals surface area contributed by atoms with Crippen molar-refractivity contribution in [2.24, 2.45) is 0 Å². The molecule has 0 saturated heterocycles. The molecule has 1 aliphatic carbocycles. The van der Waals surface area contributed by atoms with Crippen LogP contribution in [0.25, 0.3) is 33.2 Å². The minimum absolute atomic E-state index is 0. The number of hydrogen-bond donors (Lipinski definition) is 0. The Labute approximate surface area is 245 Å². The van der Waals surface area contributed by atoms with Gasteiger partial charge in [-0.25, -0.2) is 0 Å². The second kappa shape index (κ2) is 13.8. The van der Waals surface area contributed by atoms with Gasteiger partial charge in [-0.3, -0.25) is 4.98 Å². The van der Waals surface area contributed by atoms with Crippen molar-refractivity contribution in [1.82, 2.24) is 9.97 Å². The normalized spacial score (nSPS) is 14.9. The van der Waals surface area contributed by atoms with Crippen LogP contribution in [0.5, 0.6) is 0 Å². The predicted octanol–water partition coefficient (Wildman–Crippen LogP) is 8.98. The van der Waals surface area contributed by atoms with E-state index in [1.807, 2.05) is 60.8 Å². The third-order valence-corrected chi connectivity index (χ3v) is 6.37. The molecule has 38 heavy (non-hydrogen) atoms. The second-order valence-electron chi connectivity index (χ2n) is 8.85. The zero-order valence-corrected chi connectivity index (χ0v) is 23.2. The van der Waals surface area contributed by atoms with Crippen molar-refractivity contribution in [3.63, 3.8) is 0 Å². The van der Waals surface area contributed by atoms with Gasteiger partial charge in [0.2, 0.25) is 0 Å². The fourth-order valence-electron chi connectivity index (χ4n) is 4.53. The summed E-state index contributed by atoms with van der Waals surface area (Å²) in [5, 5.41) is 2.33. The molecule has 3 heterocycles. The van der Waals surface area contributed by atoms with Crippen LogP contribution < -0.4 is 0 Å². The van der Waals surface area contributed by atoms with Gasteiger partial charge in [-0.2, -0.15) is 18.2 Å². The molecule has 0 N–H and O–H groups in total. The van der Waals surface area contributed by atoms with E-state index in [0.29, 0.717) is 0 Å². The Balaban J connectivity index is 0.000000149. The second-order valence-corrected chi connectivity index (χ2v) is 8.85. The van der Waals surface area contributed by atoms with E-state index in [1.54, 1.807) is 0 Å². The van der Waals surface area contributed by atoms with Crippen LogP contribution in [0.2, 0.25) is 0 Å². The SMILES string of the molecule is [2H]c1cncc(C([2H])([2H])[2H])c1[2H].[Ir].[c-]1ccc2c(c1)oc1ccccc12.[c-]1ccccc1-c1ccc(C2CCCC2)cn1. The van der Waals surface area contributed by atoms with Gasteiger partial charge in [0.15, 0.2) is 0 Å². The van der Waals surface area contributed by atoms with Crippen LogP contribution in [0.4, 0.5) is 0 Å². The van der Waals surface area contributed by atoms with Crippen molar-refractivity contribution in [3.8, 4) is 11.3 Å². The first kappa shape index (κ1) is 21.4. The largest absolute Gasteiger partial charge is 0.516 e. The minimum atomic E-state index is -2.35. The van der Waals surface area contributed by atoms with E-state index in [9.17, 15) is 0 Å². The first-order chi connectivity index (χ1) is 20.3. The molecule has 7 rings (SSSR count). The summed E-state index contributed by atoms with van der Waals surface area (Å²) in [5.74, 6) is 0.747. The average molecular weight is 680 g/mol. The standard InChI is InChI=1S/C16H16N.C12H7O.C6H7N.Ir/c1-2-8-14(9-3-1)16-11-10-15(12-17-16)13-6-4-5-7-13;1-3-7-11-9(5-1)10-6-2-4-8-12(10)13-11;1-6-3-2-4-7-5-6;/h1-3,8,10-13H,4-7H2;1-3,5-8H;2-5H,1H3;/q2*-1;;/i;;1D3,2D,3D;. The zero-order valence-electron chi connectivity index (χ0n) is 25.8. The molecule has 0 unspecified atom stereocenters. The molecule has 3 aromatic heterocycles. The molecule has 0 bridgehead atoms. The summed E-state index contributed by atoms with van der Waals surface area (Å²) >= 11 is 0. The van der Waals surface area contributed by atoms with Crippen LogP contribution >= 0.6 is 0 Å². The summed E-state index contributed by atoms with van der Waals surface area (Å²) in [6.45, 7) is -2.35. The number of fused-ring (bicyclic) bond motifs is 3. The molecular formula is C34H30IrN2O-2. The number of aryl methyl sites for hydroxylation is 1. The van der Waals surface area contributed by atoms with Crippen molar-refractivity contribution in [1.29, 1.82) is 0 Å². The van der Waals surface area contributed by atoms with Crippen molar-refractivity contribution in [2.75, 3.05) is 0 Å². The Kier molecular flexibility index (Phi) is 7.76. The van der Waals surface area contributed by atoms with Crippen molar-refractivity contribution >= 4 is 21.9 Å². The number of hydrogen-bond acceptors (Lipinski definition) is 3. The Morgan fingerprint density at radius 2 is 1.76 bits per heavy atom. The summed E-state index contributed by atoms with van der Waals surface area (Å²) in [6.07, 6.45) is 9.71. The van der Waals surface area contributed by atoms with E-state index in [0.717, 1.165) is 46.1 Å². The van der Waals surface area contributed by atoms with Gasteiger partial charge in [-0.05, 0) is 54.5 Å². The molecule has 1 fully saturated rings. The van der Waals surface area contributed by atoms with Crippen molar-refractivity contribution < 1.29 is 31.4 Å². The van der Waals surface area contributed by atoms with E-state index in [2.05, 4.69) is 46.4 Å². The molecule has 6 aromatic rings. The first-order valence-corrected chi connectivity index (χ1v) is 12.4. The molecule has 1 saturated carbocycles. The molecule has 0 aliphatic heterocycles. The minimum Gasteiger partial charge on any atom is -0.516 e. The molecule has 0 atom stereocenters. The molecule has 3 aromatic carbocycles. The van der Waals surface area contributed by atoms with Crippen LogP contribution in [-0.2, 0) is 20.1 Å². The maximum Gasteiger partial charge on any atom is 0.116 e. The van der Waals surface area contributed by atoms with E-state index in [4.69, 9.17) is 11.3 Å². The maximum atomic E-state index is 7.26. The Hall–Kier alpha value is -3.59. The first-order valence-electron chi connectivity index (χ1n) is 14.9. The smallest absolute Gasteiger partial charge is 0.116 e. The Bertz CT molecular complexity index is 1700. The number of aromatic nitrogens is 2. The molecule has 3 nitrogen and oxygen atoms in total. The number of benzene rings is 3. The number of furan rings is 1. The van der Waals surface area contributed by atoms with Gasteiger partial charge >= 0.3 is 0 Å². The molecule has 0 amide bonds. The van der Waals surface area contributed by atoms with Gasteiger partial charge in [-0.15, -0.1) is 42.0 Å². The summed E-state index contributed by atoms with van der Waals surface area (Å²) in [7, 11) is 0. The van der Waals surface area contributed by atoms with Crippen molar-refractivity contribution in [2.45, 2.75) is 38.5 Å². The molecule has 1 aliphatic rings. The molecule has 4 heteroatoms. The van der Waals surface area contributed by atoms with Gasteiger partial charge in [-0.1, -0.05) is 54.6 Å². The number of nitrogens with zero attached hydrogens (tertiary/aromatic N) is 2. The monoisotopic (exact) mass is 680 g/mol. The predicted molar refractivity (Wildman–Crippen MR) is 151 cm³/mol. The fraction of sp³-hybridized carbons (Fsp3) is 0.176. The van der Waals surface area contributed by atoms with Gasteiger partial charge in [0.25, 0.3) is 0 Å². The third kappa shape index (κ3) is 7.04. The van der Waals surface area contributed by atoms with Crippen LogP contribution in [-0.4, -0.2) is 9.97 Å². The molecular weight excluding hydrogens is 645 g/mol. The van der Waals surface area contributed by atoms with Crippen LogP contribution in [0, 0.1) is 19.0 Å². The van der Waals surface area contributed by atoms with E-state index < -0.39 is 6.85 Å². The molecule has 1 radical (unpaired) electrons. The Morgan fingerprint density at radius 3 is 2.53 bits per heavy atom. The van der Waals surface area contributed by atoms with E-state index >= 15 is 0 Å².